The largest absolute Gasteiger partial charge is 0.391 e. The molecule has 2 aliphatic rings. The van der Waals surface area contributed by atoms with E-state index >= 15 is 0 Å². The number of nitrogens with zero attached hydrogens (tertiary/aromatic N) is 2. The molecule has 2 aromatic rings. The molecule has 1 amide bonds. The van der Waals surface area contributed by atoms with Crippen LogP contribution in [0.1, 0.15) is 36.6 Å². The molecule has 0 aliphatic carbocycles. The fourth-order valence-corrected chi connectivity index (χ4v) is 4.55. The van der Waals surface area contributed by atoms with Crippen molar-refractivity contribution in [3.63, 3.8) is 0 Å². The second kappa shape index (κ2) is 11.0. The van der Waals surface area contributed by atoms with Gasteiger partial charge in [-0.1, -0.05) is 23.7 Å². The average Bonchev–Trinajstić information content (AvgIpc) is 3.24. The molecule has 0 saturated heterocycles. The maximum Gasteiger partial charge on any atom is 0.251 e. The van der Waals surface area contributed by atoms with E-state index in [-0.39, 0.29) is 18.3 Å². The van der Waals surface area contributed by atoms with Gasteiger partial charge in [0, 0.05) is 53.8 Å². The van der Waals surface area contributed by atoms with Crippen LogP contribution in [-0.4, -0.2) is 37.5 Å². The van der Waals surface area contributed by atoms with Gasteiger partial charge < -0.3 is 26.7 Å². The quantitative estimate of drug-likeness (QED) is 0.367. The Morgan fingerprint density at radius 3 is 2.76 bits per heavy atom. The minimum absolute atomic E-state index is 0.181. The highest BCUT2D eigenvalue weighted by Crippen LogP contribution is 2.35. The molecule has 8 nitrogen and oxygen atoms in total. The Labute approximate surface area is 220 Å². The number of nitrogens with one attached hydrogen (secondary N) is 5. The van der Waals surface area contributed by atoms with Crippen molar-refractivity contribution in [2.24, 2.45) is 9.98 Å². The summed E-state index contributed by atoms with van der Waals surface area (Å²) in [7, 11) is 1.76. The zero-order valence-corrected chi connectivity index (χ0v) is 21.8. The summed E-state index contributed by atoms with van der Waals surface area (Å²) < 4.78 is 13.6. The van der Waals surface area contributed by atoms with Gasteiger partial charge in [0.1, 0.15) is 17.7 Å². The highest BCUT2D eigenvalue weighted by molar-refractivity contribution is 6.31. The molecule has 37 heavy (non-hydrogen) atoms. The lowest BCUT2D eigenvalue weighted by molar-refractivity contribution is -0.117. The molecular formula is C27H29ClFN7O. The second-order valence-corrected chi connectivity index (χ2v) is 9.34. The van der Waals surface area contributed by atoms with Gasteiger partial charge in [-0.05, 0) is 56.2 Å². The number of halogens is 2. The van der Waals surface area contributed by atoms with Crippen LogP contribution in [0, 0.1) is 18.2 Å². The van der Waals surface area contributed by atoms with E-state index in [1.807, 2.05) is 32.0 Å². The lowest BCUT2D eigenvalue weighted by atomic mass is 9.94. The zero-order valence-electron chi connectivity index (χ0n) is 21.1. The van der Waals surface area contributed by atoms with E-state index in [9.17, 15) is 9.18 Å². The molecule has 1 atom stereocenters. The summed E-state index contributed by atoms with van der Waals surface area (Å²) in [4.78, 5) is 22.8. The van der Waals surface area contributed by atoms with Gasteiger partial charge in [-0.3, -0.25) is 4.79 Å². The predicted octanol–water partition coefficient (Wildman–Crippen LogP) is 4.20. The summed E-state index contributed by atoms with van der Waals surface area (Å²) in [5.74, 6) is 0.398. The van der Waals surface area contributed by atoms with Gasteiger partial charge in [0.25, 0.3) is 5.91 Å². The third-order valence-electron chi connectivity index (χ3n) is 6.32. The molecule has 0 saturated carbocycles. The van der Waals surface area contributed by atoms with Gasteiger partial charge >= 0.3 is 0 Å². The summed E-state index contributed by atoms with van der Waals surface area (Å²) in [6.07, 6.45) is 1.65. The van der Waals surface area contributed by atoms with Crippen LogP contribution in [0.15, 0.2) is 68.9 Å². The SMILES string of the molecule is CN/C(C)=C(\C=N)CNC(=O)C1=C(C)NC(NC2=Nc3ccc(F)cc3C2)=NC1c1ccc(C)cc1Cl. The summed E-state index contributed by atoms with van der Waals surface area (Å²) in [6.45, 7) is 5.76. The molecule has 5 N–H and O–H groups in total. The lowest BCUT2D eigenvalue weighted by Gasteiger charge is -2.27. The smallest absolute Gasteiger partial charge is 0.251 e. The van der Waals surface area contributed by atoms with E-state index in [0.29, 0.717) is 51.3 Å². The monoisotopic (exact) mass is 521 g/mol. The van der Waals surface area contributed by atoms with Gasteiger partial charge in [0.15, 0.2) is 0 Å². The van der Waals surface area contributed by atoms with Crippen LogP contribution in [0.3, 0.4) is 0 Å². The van der Waals surface area contributed by atoms with Crippen molar-refractivity contribution < 1.29 is 9.18 Å². The summed E-state index contributed by atoms with van der Waals surface area (Å²) >= 11 is 6.62. The molecule has 2 aliphatic heterocycles. The van der Waals surface area contributed by atoms with Gasteiger partial charge in [-0.15, -0.1) is 0 Å². The highest BCUT2D eigenvalue weighted by Gasteiger charge is 2.31. The van der Waals surface area contributed by atoms with E-state index in [2.05, 4.69) is 26.3 Å². The molecule has 0 aromatic heterocycles. The summed E-state index contributed by atoms with van der Waals surface area (Å²) in [6, 6.07) is 9.45. The van der Waals surface area contributed by atoms with Crippen LogP contribution >= 0.6 is 11.6 Å². The number of carbonyl (C=O) groups is 1. The molecule has 4 rings (SSSR count). The molecule has 0 spiro atoms. The first-order valence-electron chi connectivity index (χ1n) is 11.8. The van der Waals surface area contributed by atoms with E-state index in [4.69, 9.17) is 22.0 Å². The van der Waals surface area contributed by atoms with E-state index < -0.39 is 6.04 Å². The second-order valence-electron chi connectivity index (χ2n) is 8.93. The van der Waals surface area contributed by atoms with Gasteiger partial charge in [-0.2, -0.15) is 0 Å². The molecular weight excluding hydrogens is 493 g/mol. The number of fused-ring (bicyclic) bond motifs is 1. The first kappa shape index (κ1) is 26.1. The number of aryl methyl sites for hydroxylation is 1. The molecule has 2 aromatic carbocycles. The standard InChI is InChI=1S/C27H29ClFN7O/c1-14-5-7-20(21(28)9-14)25-24(26(37)32-13-18(12-30)15(2)31-4)16(3)33-27(36-25)35-23-11-17-10-19(29)6-8-22(17)34-23/h5-10,12,25,30-31H,11,13H2,1-4H3,(H,32,37)(H2,33,34,35,36)/b18-15+,30-12?. The minimum Gasteiger partial charge on any atom is -0.391 e. The van der Waals surface area contributed by atoms with Crippen LogP contribution in [0.4, 0.5) is 10.1 Å². The van der Waals surface area contributed by atoms with Crippen LogP contribution in [-0.2, 0) is 11.2 Å². The lowest BCUT2D eigenvalue weighted by Crippen LogP contribution is -2.45. The number of hydrogen-bond donors (Lipinski definition) is 5. The normalized spacial score (nSPS) is 17.2. The first-order chi connectivity index (χ1) is 17.7. The number of guanidine groups is 1. The van der Waals surface area contributed by atoms with Crippen molar-refractivity contribution in [3.8, 4) is 0 Å². The maximum atomic E-state index is 13.6. The third kappa shape index (κ3) is 5.72. The number of carbonyl (C=O) groups excluding carboxylic acids is 1. The summed E-state index contributed by atoms with van der Waals surface area (Å²) in [5, 5.41) is 20.4. The van der Waals surface area contributed by atoms with Crippen LogP contribution in [0.2, 0.25) is 5.02 Å². The van der Waals surface area contributed by atoms with Crippen LogP contribution < -0.4 is 21.3 Å². The van der Waals surface area contributed by atoms with Gasteiger partial charge in [-0.25, -0.2) is 14.4 Å². The molecule has 2 heterocycles. The van der Waals surface area contributed by atoms with E-state index in [1.54, 1.807) is 20.0 Å². The molecule has 0 radical (unpaired) electrons. The first-order valence-corrected chi connectivity index (χ1v) is 12.2. The third-order valence-corrected chi connectivity index (χ3v) is 6.65. The zero-order chi connectivity index (χ0) is 26.7. The van der Waals surface area contributed by atoms with Crippen molar-refractivity contribution >= 4 is 41.2 Å². The molecule has 10 heteroatoms. The molecule has 0 bridgehead atoms. The maximum absolute atomic E-state index is 13.6. The number of benzene rings is 2. The number of amides is 1. The van der Waals surface area contributed by atoms with E-state index in [0.717, 1.165) is 16.8 Å². The average molecular weight is 522 g/mol. The van der Waals surface area contributed by atoms with Crippen molar-refractivity contribution in [3.05, 3.63) is 86.5 Å². The number of allylic oxidation sites excluding steroid dienone is 2. The van der Waals surface area contributed by atoms with E-state index in [1.165, 1.54) is 18.3 Å². The Hall–Kier alpha value is -3.98. The molecule has 192 valence electrons. The van der Waals surface area contributed by atoms with Crippen molar-refractivity contribution in [1.82, 2.24) is 21.3 Å². The number of amidine groups is 1. The summed E-state index contributed by atoms with van der Waals surface area (Å²) in [5.41, 5.74) is 5.64. The number of aliphatic imine (C=N–C) groups is 2. The predicted molar refractivity (Wildman–Crippen MR) is 146 cm³/mol. The Morgan fingerprint density at radius 1 is 1.27 bits per heavy atom. The van der Waals surface area contributed by atoms with Crippen molar-refractivity contribution in [2.75, 3.05) is 13.6 Å². The van der Waals surface area contributed by atoms with Crippen LogP contribution in [0.5, 0.6) is 0 Å². The number of rotatable bonds is 6. The number of hydrogen-bond acceptors (Lipinski definition) is 7. The molecule has 0 fully saturated rings. The minimum atomic E-state index is -0.684. The van der Waals surface area contributed by atoms with Gasteiger partial charge in [0.05, 0.1) is 11.3 Å². The molecule has 1 unspecified atom stereocenters. The topological polar surface area (TPSA) is 114 Å². The van der Waals surface area contributed by atoms with Gasteiger partial charge in [0.2, 0.25) is 5.96 Å². The van der Waals surface area contributed by atoms with Crippen molar-refractivity contribution in [2.45, 2.75) is 33.2 Å². The Kier molecular flexibility index (Phi) is 7.73. The van der Waals surface area contributed by atoms with Crippen molar-refractivity contribution in [1.29, 1.82) is 5.41 Å². The Bertz CT molecular complexity index is 1390. The fourth-order valence-electron chi connectivity index (χ4n) is 4.21. The van der Waals surface area contributed by atoms with Crippen LogP contribution in [0.25, 0.3) is 0 Å². The Morgan fingerprint density at radius 2 is 2.05 bits per heavy atom. The highest BCUT2D eigenvalue weighted by atomic mass is 35.5. The Balaban J connectivity index is 1.63. The fraction of sp³-hybridized carbons (Fsp3) is 0.259.